The van der Waals surface area contributed by atoms with Gasteiger partial charge in [0.15, 0.2) is 0 Å². The van der Waals surface area contributed by atoms with Crippen LogP contribution >= 0.6 is 11.6 Å². The predicted octanol–water partition coefficient (Wildman–Crippen LogP) is 5.34. The third-order valence-corrected chi connectivity index (χ3v) is 7.21. The maximum atomic E-state index is 13.9. The summed E-state index contributed by atoms with van der Waals surface area (Å²) >= 11 is 6.08. The van der Waals surface area contributed by atoms with Gasteiger partial charge in [0.25, 0.3) is 0 Å². The summed E-state index contributed by atoms with van der Waals surface area (Å²) in [7, 11) is 0. The number of aromatic nitrogens is 1. The molecule has 1 aromatic heterocycles. The number of halogens is 3. The Kier molecular flexibility index (Phi) is 13.0. The summed E-state index contributed by atoms with van der Waals surface area (Å²) in [6.07, 6.45) is 2.63. The summed E-state index contributed by atoms with van der Waals surface area (Å²) in [6, 6.07) is 9.44. The Hall–Kier alpha value is -3.87. The number of unbranched alkanes of at least 4 members (excludes halogenated alkanes) is 1. The molecule has 43 heavy (non-hydrogen) atoms. The lowest BCUT2D eigenvalue weighted by Gasteiger charge is -2.31. The zero-order chi connectivity index (χ0) is 31.4. The molecule has 3 aromatic rings. The van der Waals surface area contributed by atoms with Crippen molar-refractivity contribution in [3.8, 4) is 0 Å². The van der Waals surface area contributed by atoms with E-state index < -0.39 is 23.8 Å². The zero-order valence-electron chi connectivity index (χ0n) is 24.1. The van der Waals surface area contributed by atoms with Gasteiger partial charge in [-0.3, -0.25) is 19.9 Å². The Morgan fingerprint density at radius 2 is 1.88 bits per heavy atom. The molecule has 0 bridgehead atoms. The molecule has 0 fully saturated rings. The van der Waals surface area contributed by atoms with Crippen molar-refractivity contribution in [1.82, 2.24) is 15.4 Å². The Morgan fingerprint density at radius 1 is 1.09 bits per heavy atom. The van der Waals surface area contributed by atoms with Crippen LogP contribution in [-0.2, 0) is 25.6 Å². The van der Waals surface area contributed by atoms with Gasteiger partial charge in [-0.1, -0.05) is 30.7 Å². The molecule has 0 saturated heterocycles. The number of carbonyl (C=O) groups is 3. The number of esters is 1. The van der Waals surface area contributed by atoms with Crippen LogP contribution in [0.5, 0.6) is 0 Å². The second kappa shape index (κ2) is 16.7. The summed E-state index contributed by atoms with van der Waals surface area (Å²) < 4.78 is 38.3. The molecule has 0 unspecified atom stereocenters. The van der Waals surface area contributed by atoms with Crippen molar-refractivity contribution in [3.63, 3.8) is 0 Å². The number of hydrazine groups is 1. The monoisotopic (exact) mass is 619 g/mol. The number of pyridine rings is 1. The molecule has 3 rings (SSSR count). The number of nitrogens with zero attached hydrogens (tertiary/aromatic N) is 2. The number of hydrogen-bond acceptors (Lipinski definition) is 8. The lowest BCUT2D eigenvalue weighted by Crippen LogP contribution is -2.50. The van der Waals surface area contributed by atoms with Crippen molar-refractivity contribution in [3.05, 3.63) is 70.9 Å². The number of benzene rings is 2. The van der Waals surface area contributed by atoms with Gasteiger partial charge in [-0.2, -0.15) is 0 Å². The Bertz CT molecular complexity index is 1410. The van der Waals surface area contributed by atoms with Crippen LogP contribution in [0.2, 0.25) is 5.02 Å². The number of nitrogens with one attached hydrogen (secondary N) is 2. The fourth-order valence-corrected chi connectivity index (χ4v) is 4.53. The minimum atomic E-state index is -0.828. The number of hydrogen-bond donors (Lipinski definition) is 3. The van der Waals surface area contributed by atoms with Crippen LogP contribution < -0.4 is 16.5 Å². The largest absolute Gasteiger partial charge is 0.465 e. The minimum absolute atomic E-state index is 0.0333. The molecule has 232 valence electrons. The summed E-state index contributed by atoms with van der Waals surface area (Å²) in [5.41, 5.74) is 9.00. The van der Waals surface area contributed by atoms with E-state index in [4.69, 9.17) is 26.8 Å². The van der Waals surface area contributed by atoms with E-state index in [1.165, 1.54) is 48.5 Å². The second-order valence-electron chi connectivity index (χ2n) is 9.88. The van der Waals surface area contributed by atoms with Gasteiger partial charge in [0.1, 0.15) is 24.1 Å². The standard InChI is InChI=1S/C30H36ClF2N5O5/c1-3-20(15-34)29(40)42-12-5-4-8-25(38(19(2)39)36-17-22-7-6-9-26(33)28(22)31)18-43-30(41)37-27-14-23-13-24(32)11-10-21(23)16-35-27/h6-7,9-11,13-14,16,20,25,36H,3-5,8,12,15,17-18,34H2,1-2H3,(H,35,37,41)/t20-,25+/m1/s1. The zero-order valence-corrected chi connectivity index (χ0v) is 24.8. The van der Waals surface area contributed by atoms with Gasteiger partial charge < -0.3 is 15.2 Å². The van der Waals surface area contributed by atoms with Gasteiger partial charge in [0.05, 0.1) is 23.6 Å². The molecule has 13 heteroatoms. The molecule has 2 aromatic carbocycles. The number of nitrogens with two attached hydrogens (primary N) is 1. The Morgan fingerprint density at radius 3 is 2.60 bits per heavy atom. The maximum Gasteiger partial charge on any atom is 0.412 e. The third kappa shape index (κ3) is 10.1. The van der Waals surface area contributed by atoms with Crippen LogP contribution in [0.1, 0.15) is 45.1 Å². The van der Waals surface area contributed by atoms with Crippen molar-refractivity contribution < 1.29 is 32.6 Å². The molecule has 0 aliphatic heterocycles. The third-order valence-electron chi connectivity index (χ3n) is 6.78. The van der Waals surface area contributed by atoms with E-state index >= 15 is 0 Å². The fraction of sp³-hybridized carbons (Fsp3) is 0.400. The van der Waals surface area contributed by atoms with Crippen LogP contribution in [0.4, 0.5) is 19.4 Å². The molecule has 2 atom stereocenters. The number of anilines is 1. The van der Waals surface area contributed by atoms with Crippen molar-refractivity contribution in [2.75, 3.05) is 25.1 Å². The Balaban J connectivity index is 1.65. The van der Waals surface area contributed by atoms with Gasteiger partial charge in [0.2, 0.25) is 5.91 Å². The van der Waals surface area contributed by atoms with Crippen LogP contribution in [0.25, 0.3) is 10.8 Å². The highest BCUT2D eigenvalue weighted by Crippen LogP contribution is 2.21. The van der Waals surface area contributed by atoms with Gasteiger partial charge in [0, 0.05) is 31.6 Å². The first-order chi connectivity index (χ1) is 20.6. The number of ether oxygens (including phenoxy) is 2. The number of rotatable bonds is 15. The molecule has 4 N–H and O–H groups in total. The van der Waals surface area contributed by atoms with E-state index in [2.05, 4.69) is 15.7 Å². The highest BCUT2D eigenvalue weighted by atomic mass is 35.5. The first-order valence-corrected chi connectivity index (χ1v) is 14.3. The number of amides is 2. The van der Waals surface area contributed by atoms with Crippen molar-refractivity contribution >= 4 is 46.2 Å². The van der Waals surface area contributed by atoms with Crippen LogP contribution in [-0.4, -0.2) is 53.8 Å². The van der Waals surface area contributed by atoms with E-state index in [0.717, 1.165) is 0 Å². The number of fused-ring (bicyclic) bond motifs is 1. The molecule has 0 saturated carbocycles. The molecule has 0 aliphatic rings. The average Bonchev–Trinajstić information content (AvgIpc) is 2.97. The first-order valence-electron chi connectivity index (χ1n) is 13.9. The van der Waals surface area contributed by atoms with E-state index in [9.17, 15) is 23.2 Å². The quantitative estimate of drug-likeness (QED) is 0.118. The second-order valence-corrected chi connectivity index (χ2v) is 10.3. The van der Waals surface area contributed by atoms with Gasteiger partial charge >= 0.3 is 12.1 Å². The topological polar surface area (TPSA) is 136 Å². The molecule has 10 nitrogen and oxygen atoms in total. The molecule has 0 spiro atoms. The summed E-state index contributed by atoms with van der Waals surface area (Å²) in [5, 5.41) is 4.99. The number of carbonyl (C=O) groups excluding carboxylic acids is 3. The lowest BCUT2D eigenvalue weighted by molar-refractivity contribution is -0.148. The summed E-state index contributed by atoms with van der Waals surface area (Å²) in [6.45, 7) is 3.40. The average molecular weight is 620 g/mol. The van der Waals surface area contributed by atoms with Crippen molar-refractivity contribution in [1.29, 1.82) is 0 Å². The maximum absolute atomic E-state index is 13.9. The molecule has 2 amide bonds. The molecular formula is C30H36ClF2N5O5. The molecule has 0 radical (unpaired) electrons. The predicted molar refractivity (Wildman–Crippen MR) is 159 cm³/mol. The summed E-state index contributed by atoms with van der Waals surface area (Å²) in [4.78, 5) is 41.5. The van der Waals surface area contributed by atoms with Gasteiger partial charge in [-0.15, -0.1) is 0 Å². The van der Waals surface area contributed by atoms with E-state index in [1.807, 2.05) is 6.92 Å². The van der Waals surface area contributed by atoms with Crippen LogP contribution in [0.15, 0.2) is 48.7 Å². The van der Waals surface area contributed by atoms with Crippen LogP contribution in [0, 0.1) is 17.6 Å². The minimum Gasteiger partial charge on any atom is -0.465 e. The van der Waals surface area contributed by atoms with Gasteiger partial charge in [-0.05, 0) is 67.0 Å². The van der Waals surface area contributed by atoms with Crippen molar-refractivity contribution in [2.24, 2.45) is 11.7 Å². The normalized spacial score (nSPS) is 12.4. The van der Waals surface area contributed by atoms with E-state index in [0.29, 0.717) is 42.0 Å². The fourth-order valence-electron chi connectivity index (χ4n) is 4.33. The lowest BCUT2D eigenvalue weighted by atomic mass is 10.1. The first kappa shape index (κ1) is 33.6. The smallest absolute Gasteiger partial charge is 0.412 e. The highest BCUT2D eigenvalue weighted by molar-refractivity contribution is 6.31. The summed E-state index contributed by atoms with van der Waals surface area (Å²) in [5.74, 6) is -1.95. The Labute approximate surface area is 253 Å². The molecule has 0 aliphatic carbocycles. The SMILES string of the molecule is CC[C@H](CN)C(=O)OCCCC[C@@H](COC(=O)Nc1cc2cc(F)ccc2cn1)N(NCc1cccc(F)c1Cl)C(C)=O. The molecule has 1 heterocycles. The van der Waals surface area contributed by atoms with E-state index in [-0.39, 0.29) is 54.9 Å². The van der Waals surface area contributed by atoms with Gasteiger partial charge in [-0.25, -0.2) is 24.0 Å². The van der Waals surface area contributed by atoms with E-state index in [1.54, 1.807) is 12.1 Å². The van der Waals surface area contributed by atoms with Crippen LogP contribution in [0.3, 0.4) is 0 Å². The van der Waals surface area contributed by atoms with Crippen molar-refractivity contribution in [2.45, 2.75) is 52.1 Å². The molecular weight excluding hydrogens is 584 g/mol. The highest BCUT2D eigenvalue weighted by Gasteiger charge is 2.24.